The van der Waals surface area contributed by atoms with Crippen molar-refractivity contribution in [2.24, 2.45) is 22.6 Å². The molecule has 2 aliphatic carbocycles. The highest BCUT2D eigenvalue weighted by Crippen LogP contribution is 2.46. The third kappa shape index (κ3) is 4.68. The van der Waals surface area contributed by atoms with Crippen molar-refractivity contribution >= 4 is 35.6 Å². The average Bonchev–Trinajstić information content (AvgIpc) is 3.34. The molecule has 0 heterocycles. The van der Waals surface area contributed by atoms with Crippen LogP contribution in [0.4, 0.5) is 5.69 Å². The summed E-state index contributed by atoms with van der Waals surface area (Å²) in [5.41, 5.74) is 6.88. The zero-order valence-corrected chi connectivity index (χ0v) is 16.8. The van der Waals surface area contributed by atoms with Gasteiger partial charge in [-0.15, -0.1) is 24.0 Å². The number of halogens is 1. The first-order chi connectivity index (χ1) is 11.2. The summed E-state index contributed by atoms with van der Waals surface area (Å²) in [6.07, 6.45) is 8.08. The van der Waals surface area contributed by atoms with Gasteiger partial charge in [-0.3, -0.25) is 0 Å². The fourth-order valence-electron chi connectivity index (χ4n) is 3.68. The molecule has 6 heteroatoms. The molecule has 3 N–H and O–H groups in total. The summed E-state index contributed by atoms with van der Waals surface area (Å²) in [6, 6.07) is 5.97. The first-order valence-electron chi connectivity index (χ1n) is 8.53. The lowest BCUT2D eigenvalue weighted by Gasteiger charge is -2.21. The topological polar surface area (TPSA) is 68.9 Å². The number of ether oxygens (including phenoxy) is 2. The Bertz CT molecular complexity index is 573. The van der Waals surface area contributed by atoms with E-state index >= 15 is 0 Å². The Kier molecular flexibility index (Phi) is 7.01. The van der Waals surface area contributed by atoms with Crippen molar-refractivity contribution in [3.05, 3.63) is 18.2 Å². The monoisotopic (exact) mass is 445 g/mol. The van der Waals surface area contributed by atoms with Crippen LogP contribution in [0, 0.1) is 11.8 Å². The molecule has 2 atom stereocenters. The van der Waals surface area contributed by atoms with Crippen molar-refractivity contribution in [3.8, 4) is 11.5 Å². The van der Waals surface area contributed by atoms with Gasteiger partial charge in [0.15, 0.2) is 5.96 Å². The number of rotatable bonds is 5. The zero-order chi connectivity index (χ0) is 16.2. The van der Waals surface area contributed by atoms with Crippen LogP contribution in [-0.4, -0.2) is 26.2 Å². The molecular formula is C18H28IN3O2. The molecule has 0 spiro atoms. The van der Waals surface area contributed by atoms with Crippen LogP contribution >= 0.6 is 24.0 Å². The van der Waals surface area contributed by atoms with Gasteiger partial charge in [0.05, 0.1) is 25.9 Å². The molecule has 5 nitrogen and oxygen atoms in total. The molecule has 0 aliphatic heterocycles. The maximum absolute atomic E-state index is 6.10. The Morgan fingerprint density at radius 1 is 1.17 bits per heavy atom. The van der Waals surface area contributed by atoms with Crippen LogP contribution in [0.5, 0.6) is 11.5 Å². The molecule has 24 heavy (non-hydrogen) atoms. The number of anilines is 1. The van der Waals surface area contributed by atoms with E-state index in [0.29, 0.717) is 12.0 Å². The molecule has 1 aromatic rings. The normalized spacial score (nSPS) is 24.0. The van der Waals surface area contributed by atoms with Gasteiger partial charge in [-0.05, 0) is 30.4 Å². The fourth-order valence-corrected chi connectivity index (χ4v) is 3.68. The number of methoxy groups -OCH3 is 2. The third-order valence-electron chi connectivity index (χ3n) is 5.03. The van der Waals surface area contributed by atoms with Crippen molar-refractivity contribution in [2.75, 3.05) is 19.5 Å². The lowest BCUT2D eigenvalue weighted by Crippen LogP contribution is -2.24. The molecule has 1 aromatic carbocycles. The Labute approximate surface area is 161 Å². The predicted molar refractivity (Wildman–Crippen MR) is 109 cm³/mol. The summed E-state index contributed by atoms with van der Waals surface area (Å²) in [7, 11) is 3.28. The largest absolute Gasteiger partial charge is 0.497 e. The zero-order valence-electron chi connectivity index (χ0n) is 14.5. The van der Waals surface area contributed by atoms with E-state index in [0.717, 1.165) is 29.0 Å². The Morgan fingerprint density at radius 2 is 1.92 bits per heavy atom. The molecule has 0 bridgehead atoms. The van der Waals surface area contributed by atoms with Crippen molar-refractivity contribution < 1.29 is 9.47 Å². The highest BCUT2D eigenvalue weighted by molar-refractivity contribution is 14.0. The summed E-state index contributed by atoms with van der Waals surface area (Å²) < 4.78 is 10.6. The molecule has 0 saturated heterocycles. The summed E-state index contributed by atoms with van der Waals surface area (Å²) in [5.74, 6) is 3.54. The third-order valence-corrected chi connectivity index (χ3v) is 5.03. The smallest absolute Gasteiger partial charge is 0.193 e. The quantitative estimate of drug-likeness (QED) is 0.408. The molecule has 2 fully saturated rings. The van der Waals surface area contributed by atoms with Gasteiger partial charge in [-0.2, -0.15) is 0 Å². The van der Waals surface area contributed by atoms with Gasteiger partial charge in [0, 0.05) is 6.07 Å². The Hall–Kier alpha value is -1.18. The number of aliphatic imine (C=N–C) groups is 1. The summed E-state index contributed by atoms with van der Waals surface area (Å²) >= 11 is 0. The van der Waals surface area contributed by atoms with Crippen molar-refractivity contribution in [3.63, 3.8) is 0 Å². The number of nitrogens with one attached hydrogen (secondary N) is 1. The van der Waals surface area contributed by atoms with E-state index in [-0.39, 0.29) is 24.0 Å². The number of nitrogens with two attached hydrogens (primary N) is 1. The van der Waals surface area contributed by atoms with E-state index in [1.807, 2.05) is 18.2 Å². The van der Waals surface area contributed by atoms with Crippen LogP contribution in [0.3, 0.4) is 0 Å². The van der Waals surface area contributed by atoms with Crippen LogP contribution in [0.25, 0.3) is 0 Å². The summed E-state index contributed by atoms with van der Waals surface area (Å²) in [5, 5.41) is 3.15. The highest BCUT2D eigenvalue weighted by Gasteiger charge is 2.43. The molecule has 2 unspecified atom stereocenters. The minimum Gasteiger partial charge on any atom is -0.497 e. The van der Waals surface area contributed by atoms with Crippen LogP contribution < -0.4 is 20.5 Å². The van der Waals surface area contributed by atoms with Crippen LogP contribution in [0.15, 0.2) is 23.2 Å². The number of benzene rings is 1. The number of hydrogen-bond donors (Lipinski definition) is 2. The summed E-state index contributed by atoms with van der Waals surface area (Å²) in [4.78, 5) is 4.66. The van der Waals surface area contributed by atoms with E-state index in [1.54, 1.807) is 14.2 Å². The molecule has 134 valence electrons. The molecular weight excluding hydrogens is 417 g/mol. The standard InChI is InChI=1S/C18H27N3O2.HI/c1-22-13-8-9-17(23-2)16(10-13)21-18(19)20-15-11-14(15)12-6-4-3-5-7-12;/h8-10,12,14-15H,3-7,11H2,1-2H3,(H3,19,20,21);1H. The van der Waals surface area contributed by atoms with Gasteiger partial charge in [0.1, 0.15) is 11.5 Å². The van der Waals surface area contributed by atoms with Crippen LogP contribution in [-0.2, 0) is 0 Å². The molecule has 0 amide bonds. The Balaban J connectivity index is 0.00000208. The molecule has 2 saturated carbocycles. The summed E-state index contributed by atoms with van der Waals surface area (Å²) in [6.45, 7) is 0. The number of guanidine groups is 1. The van der Waals surface area contributed by atoms with Crippen molar-refractivity contribution in [1.29, 1.82) is 0 Å². The predicted octanol–water partition coefficient (Wildman–Crippen LogP) is 4.02. The van der Waals surface area contributed by atoms with Gasteiger partial charge >= 0.3 is 0 Å². The first-order valence-corrected chi connectivity index (χ1v) is 8.53. The van der Waals surface area contributed by atoms with E-state index < -0.39 is 0 Å². The maximum atomic E-state index is 6.10. The minimum absolute atomic E-state index is 0. The second kappa shape index (κ2) is 8.78. The lowest BCUT2D eigenvalue weighted by molar-refractivity contribution is 0.318. The number of hydrogen-bond acceptors (Lipinski definition) is 3. The van der Waals surface area contributed by atoms with Gasteiger partial charge in [-0.1, -0.05) is 32.1 Å². The molecule has 0 aromatic heterocycles. The number of nitrogens with zero attached hydrogens (tertiary/aromatic N) is 1. The van der Waals surface area contributed by atoms with E-state index in [1.165, 1.54) is 38.5 Å². The molecule has 0 radical (unpaired) electrons. The van der Waals surface area contributed by atoms with Crippen molar-refractivity contribution in [1.82, 2.24) is 0 Å². The first kappa shape index (κ1) is 19.1. The maximum Gasteiger partial charge on any atom is 0.193 e. The average molecular weight is 445 g/mol. The minimum atomic E-state index is 0. The molecule has 2 aliphatic rings. The second-order valence-electron chi connectivity index (χ2n) is 6.57. The molecule has 3 rings (SSSR count). The SMILES string of the molecule is COc1ccc(OC)c(NC(N)=NC2CC2C2CCCCC2)c1.I. The van der Waals surface area contributed by atoms with Crippen LogP contribution in [0.2, 0.25) is 0 Å². The second-order valence-corrected chi connectivity index (χ2v) is 6.57. The van der Waals surface area contributed by atoms with E-state index in [4.69, 9.17) is 15.2 Å². The van der Waals surface area contributed by atoms with Gasteiger partial charge in [-0.25, -0.2) is 4.99 Å². The van der Waals surface area contributed by atoms with Gasteiger partial charge < -0.3 is 20.5 Å². The van der Waals surface area contributed by atoms with Crippen LogP contribution in [0.1, 0.15) is 38.5 Å². The highest BCUT2D eigenvalue weighted by atomic mass is 127. The lowest BCUT2D eigenvalue weighted by atomic mass is 9.85. The van der Waals surface area contributed by atoms with Crippen molar-refractivity contribution in [2.45, 2.75) is 44.6 Å². The van der Waals surface area contributed by atoms with Gasteiger partial charge in [0.25, 0.3) is 0 Å². The fraction of sp³-hybridized carbons (Fsp3) is 0.611. The van der Waals surface area contributed by atoms with E-state index in [2.05, 4.69) is 10.3 Å². The van der Waals surface area contributed by atoms with Gasteiger partial charge in [0.2, 0.25) is 0 Å². The van der Waals surface area contributed by atoms with E-state index in [9.17, 15) is 0 Å². The Morgan fingerprint density at radius 3 is 2.58 bits per heavy atom.